The topological polar surface area (TPSA) is 58.6 Å². The van der Waals surface area contributed by atoms with Crippen molar-refractivity contribution in [1.82, 2.24) is 10.2 Å². The Morgan fingerprint density at radius 3 is 2.30 bits per heavy atom. The maximum atomic E-state index is 13.1. The van der Waals surface area contributed by atoms with Crippen molar-refractivity contribution in [2.24, 2.45) is 5.92 Å². The average molecular weight is 411 g/mol. The summed E-state index contributed by atoms with van der Waals surface area (Å²) in [5, 5.41) is 2.93. The van der Waals surface area contributed by atoms with E-state index in [1.54, 1.807) is 11.8 Å². The Kier molecular flexibility index (Phi) is 8.46. The molecule has 2 aromatic rings. The van der Waals surface area contributed by atoms with Gasteiger partial charge in [0.15, 0.2) is 6.61 Å². The standard InChI is InChI=1S/C25H34N2O3/c1-17(2)14-26-25(29)21(6)27(15-22-10-8-7-9-19(22)4)24(28)16-30-23-12-11-18(3)20(5)13-23/h7-13,17,21H,14-16H2,1-6H3,(H,26,29)/t21-/m1/s1. The summed E-state index contributed by atoms with van der Waals surface area (Å²) in [6, 6.07) is 13.1. The molecule has 0 aliphatic rings. The summed E-state index contributed by atoms with van der Waals surface area (Å²) in [7, 11) is 0. The lowest BCUT2D eigenvalue weighted by molar-refractivity contribution is -0.142. The Morgan fingerprint density at radius 2 is 1.67 bits per heavy atom. The molecule has 2 aromatic carbocycles. The normalized spacial score (nSPS) is 11.8. The number of aryl methyl sites for hydroxylation is 3. The highest BCUT2D eigenvalue weighted by molar-refractivity contribution is 5.88. The molecule has 0 aromatic heterocycles. The minimum absolute atomic E-state index is 0.115. The predicted octanol–water partition coefficient (Wildman–Crippen LogP) is 4.18. The summed E-state index contributed by atoms with van der Waals surface area (Å²) < 4.78 is 5.76. The van der Waals surface area contributed by atoms with Crippen LogP contribution in [0.3, 0.4) is 0 Å². The molecule has 0 bridgehead atoms. The zero-order valence-electron chi connectivity index (χ0n) is 19.0. The number of carbonyl (C=O) groups is 2. The van der Waals surface area contributed by atoms with Crippen LogP contribution in [0.2, 0.25) is 0 Å². The Labute approximate surface area is 180 Å². The quantitative estimate of drug-likeness (QED) is 0.675. The number of benzene rings is 2. The molecule has 0 radical (unpaired) electrons. The first-order valence-electron chi connectivity index (χ1n) is 10.5. The first-order chi connectivity index (χ1) is 14.2. The fourth-order valence-corrected chi connectivity index (χ4v) is 3.04. The molecular weight excluding hydrogens is 376 g/mol. The van der Waals surface area contributed by atoms with Gasteiger partial charge < -0.3 is 15.0 Å². The molecule has 162 valence electrons. The van der Waals surface area contributed by atoms with E-state index in [2.05, 4.69) is 5.32 Å². The van der Waals surface area contributed by atoms with E-state index in [0.717, 1.165) is 16.7 Å². The summed E-state index contributed by atoms with van der Waals surface area (Å²) in [5.41, 5.74) is 4.38. The average Bonchev–Trinajstić information content (AvgIpc) is 2.71. The maximum absolute atomic E-state index is 13.1. The molecule has 1 N–H and O–H groups in total. The van der Waals surface area contributed by atoms with E-state index in [1.807, 2.05) is 77.1 Å². The van der Waals surface area contributed by atoms with Gasteiger partial charge in [-0.3, -0.25) is 9.59 Å². The van der Waals surface area contributed by atoms with Crippen molar-refractivity contribution in [2.75, 3.05) is 13.2 Å². The van der Waals surface area contributed by atoms with E-state index in [-0.39, 0.29) is 18.4 Å². The van der Waals surface area contributed by atoms with Crippen molar-refractivity contribution in [3.8, 4) is 5.75 Å². The first-order valence-corrected chi connectivity index (χ1v) is 10.5. The second-order valence-electron chi connectivity index (χ2n) is 8.30. The zero-order chi connectivity index (χ0) is 22.3. The molecule has 0 fully saturated rings. The van der Waals surface area contributed by atoms with Crippen molar-refractivity contribution in [3.05, 3.63) is 64.7 Å². The number of nitrogens with zero attached hydrogens (tertiary/aromatic N) is 1. The zero-order valence-corrected chi connectivity index (χ0v) is 19.0. The summed E-state index contributed by atoms with van der Waals surface area (Å²) in [6.45, 7) is 12.7. The predicted molar refractivity (Wildman–Crippen MR) is 120 cm³/mol. The van der Waals surface area contributed by atoms with Gasteiger partial charge in [-0.25, -0.2) is 0 Å². The Hall–Kier alpha value is -2.82. The molecule has 30 heavy (non-hydrogen) atoms. The third kappa shape index (κ3) is 6.61. The number of amides is 2. The lowest BCUT2D eigenvalue weighted by atomic mass is 10.1. The third-order valence-electron chi connectivity index (χ3n) is 5.29. The van der Waals surface area contributed by atoms with E-state index in [9.17, 15) is 9.59 Å². The van der Waals surface area contributed by atoms with Crippen molar-refractivity contribution in [1.29, 1.82) is 0 Å². The molecule has 0 spiro atoms. The molecule has 0 aliphatic carbocycles. The number of nitrogens with one attached hydrogen (secondary N) is 1. The lowest BCUT2D eigenvalue weighted by Gasteiger charge is -2.29. The molecule has 5 heteroatoms. The number of hydrogen-bond donors (Lipinski definition) is 1. The minimum Gasteiger partial charge on any atom is -0.484 e. The van der Waals surface area contributed by atoms with Gasteiger partial charge in [0, 0.05) is 13.1 Å². The van der Waals surface area contributed by atoms with Gasteiger partial charge in [0.1, 0.15) is 11.8 Å². The highest BCUT2D eigenvalue weighted by Crippen LogP contribution is 2.18. The lowest BCUT2D eigenvalue weighted by Crippen LogP contribution is -2.49. The summed E-state index contributed by atoms with van der Waals surface area (Å²) in [6.07, 6.45) is 0. The van der Waals surface area contributed by atoms with E-state index in [4.69, 9.17) is 4.74 Å². The van der Waals surface area contributed by atoms with E-state index in [0.29, 0.717) is 24.8 Å². The van der Waals surface area contributed by atoms with E-state index >= 15 is 0 Å². The van der Waals surface area contributed by atoms with Crippen LogP contribution in [-0.4, -0.2) is 35.9 Å². The monoisotopic (exact) mass is 410 g/mol. The van der Waals surface area contributed by atoms with Crippen LogP contribution in [0.5, 0.6) is 5.75 Å². The molecule has 2 rings (SSSR count). The van der Waals surface area contributed by atoms with Gasteiger partial charge in [-0.05, 0) is 68.0 Å². The van der Waals surface area contributed by atoms with Gasteiger partial charge >= 0.3 is 0 Å². The Bertz CT molecular complexity index is 876. The summed E-state index contributed by atoms with van der Waals surface area (Å²) in [5.74, 6) is 0.620. The van der Waals surface area contributed by atoms with Crippen LogP contribution in [0, 0.1) is 26.7 Å². The van der Waals surface area contributed by atoms with E-state index in [1.165, 1.54) is 5.56 Å². The minimum atomic E-state index is -0.598. The van der Waals surface area contributed by atoms with Crippen molar-refractivity contribution in [3.63, 3.8) is 0 Å². The van der Waals surface area contributed by atoms with Crippen LogP contribution in [0.1, 0.15) is 43.0 Å². The molecule has 2 amide bonds. The molecule has 0 saturated heterocycles. The number of carbonyl (C=O) groups excluding carboxylic acids is 2. The fourth-order valence-electron chi connectivity index (χ4n) is 3.04. The molecule has 1 atom stereocenters. The van der Waals surface area contributed by atoms with Crippen LogP contribution in [0.15, 0.2) is 42.5 Å². The van der Waals surface area contributed by atoms with Crippen molar-refractivity contribution < 1.29 is 14.3 Å². The van der Waals surface area contributed by atoms with Crippen molar-refractivity contribution in [2.45, 2.75) is 54.1 Å². The van der Waals surface area contributed by atoms with Gasteiger partial charge in [-0.2, -0.15) is 0 Å². The summed E-state index contributed by atoms with van der Waals surface area (Å²) in [4.78, 5) is 27.4. The largest absolute Gasteiger partial charge is 0.484 e. The van der Waals surface area contributed by atoms with E-state index < -0.39 is 6.04 Å². The molecule has 0 unspecified atom stereocenters. The number of rotatable bonds is 9. The number of hydrogen-bond acceptors (Lipinski definition) is 3. The fraction of sp³-hybridized carbons (Fsp3) is 0.440. The van der Waals surface area contributed by atoms with Gasteiger partial charge in [0.25, 0.3) is 5.91 Å². The molecule has 0 heterocycles. The molecule has 0 saturated carbocycles. The van der Waals surface area contributed by atoms with Crippen molar-refractivity contribution >= 4 is 11.8 Å². The smallest absolute Gasteiger partial charge is 0.261 e. The van der Waals surface area contributed by atoms with Gasteiger partial charge in [-0.1, -0.05) is 44.2 Å². The third-order valence-corrected chi connectivity index (χ3v) is 5.29. The van der Waals surface area contributed by atoms with Crippen LogP contribution < -0.4 is 10.1 Å². The Morgan fingerprint density at radius 1 is 0.967 bits per heavy atom. The molecule has 0 aliphatic heterocycles. The maximum Gasteiger partial charge on any atom is 0.261 e. The SMILES string of the molecule is Cc1ccc(OCC(=O)N(Cc2ccccc2C)[C@H](C)C(=O)NCC(C)C)cc1C. The van der Waals surface area contributed by atoms with Crippen LogP contribution >= 0.6 is 0 Å². The second-order valence-corrected chi connectivity index (χ2v) is 8.30. The highest BCUT2D eigenvalue weighted by Gasteiger charge is 2.27. The van der Waals surface area contributed by atoms with Gasteiger partial charge in [-0.15, -0.1) is 0 Å². The highest BCUT2D eigenvalue weighted by atomic mass is 16.5. The molecule has 5 nitrogen and oxygen atoms in total. The molecular formula is C25H34N2O3. The Balaban J connectivity index is 2.16. The van der Waals surface area contributed by atoms with Crippen LogP contribution in [0.4, 0.5) is 0 Å². The second kappa shape index (κ2) is 10.8. The summed E-state index contributed by atoms with van der Waals surface area (Å²) >= 11 is 0. The van der Waals surface area contributed by atoms with Gasteiger partial charge in [0.05, 0.1) is 0 Å². The van der Waals surface area contributed by atoms with Crippen LogP contribution in [0.25, 0.3) is 0 Å². The van der Waals surface area contributed by atoms with Gasteiger partial charge in [0.2, 0.25) is 5.91 Å². The van der Waals surface area contributed by atoms with Crippen LogP contribution in [-0.2, 0) is 16.1 Å². The first kappa shape index (κ1) is 23.5. The number of ether oxygens (including phenoxy) is 1.